The highest BCUT2D eigenvalue weighted by molar-refractivity contribution is 5.80. The monoisotopic (exact) mass is 427 g/mol. The molecule has 3 aromatic heterocycles. The Morgan fingerprint density at radius 2 is 1.91 bits per heavy atom. The third kappa shape index (κ3) is 3.78. The smallest absolute Gasteiger partial charge is 0.408 e. The highest BCUT2D eigenvalue weighted by Gasteiger charge is 2.20. The molecule has 162 valence electrons. The van der Waals surface area contributed by atoms with Gasteiger partial charge in [0.2, 0.25) is 0 Å². The van der Waals surface area contributed by atoms with Crippen LogP contribution in [0, 0.1) is 0 Å². The van der Waals surface area contributed by atoms with E-state index in [4.69, 9.17) is 15.1 Å². The van der Waals surface area contributed by atoms with E-state index in [1.807, 2.05) is 42.6 Å². The lowest BCUT2D eigenvalue weighted by Crippen LogP contribution is -2.30. The molecule has 0 spiro atoms. The zero-order valence-corrected chi connectivity index (χ0v) is 18.1. The number of nitrogen functional groups attached to an aromatic ring is 1. The number of pyridine rings is 1. The molecule has 3 heterocycles. The van der Waals surface area contributed by atoms with Crippen molar-refractivity contribution in [1.29, 1.82) is 0 Å². The molecule has 3 N–H and O–H groups in total. The Balaban J connectivity index is 1.62. The number of oxazole rings is 1. The Morgan fingerprint density at radius 3 is 2.69 bits per heavy atom. The van der Waals surface area contributed by atoms with Gasteiger partial charge in [0, 0.05) is 36.6 Å². The summed E-state index contributed by atoms with van der Waals surface area (Å²) in [6, 6.07) is 20.2. The van der Waals surface area contributed by atoms with Gasteiger partial charge in [-0.05, 0) is 43.7 Å². The first-order valence-electron chi connectivity index (χ1n) is 10.7. The molecule has 0 fully saturated rings. The van der Waals surface area contributed by atoms with Gasteiger partial charge >= 0.3 is 5.76 Å². The molecule has 0 saturated heterocycles. The van der Waals surface area contributed by atoms with Gasteiger partial charge in [0.25, 0.3) is 0 Å². The van der Waals surface area contributed by atoms with Crippen molar-refractivity contribution in [2.45, 2.75) is 33.0 Å². The molecule has 0 unspecified atom stereocenters. The van der Waals surface area contributed by atoms with Gasteiger partial charge in [-0.25, -0.2) is 9.78 Å². The average molecular weight is 428 g/mol. The quantitative estimate of drug-likeness (QED) is 0.418. The summed E-state index contributed by atoms with van der Waals surface area (Å²) >= 11 is 0. The third-order valence-electron chi connectivity index (χ3n) is 5.75. The van der Waals surface area contributed by atoms with Gasteiger partial charge in [0.1, 0.15) is 5.65 Å². The number of nitrogens with two attached hydrogens (primary N) is 1. The number of H-pyrrole nitrogens is 1. The highest BCUT2D eigenvalue weighted by atomic mass is 16.4. The Bertz CT molecular complexity index is 1450. The molecule has 0 atom stereocenters. The van der Waals surface area contributed by atoms with Gasteiger partial charge in [-0.15, -0.1) is 0 Å². The van der Waals surface area contributed by atoms with Gasteiger partial charge in [-0.2, -0.15) is 0 Å². The van der Waals surface area contributed by atoms with Crippen LogP contribution in [0.25, 0.3) is 28.0 Å². The fraction of sp³-hybridized carbons (Fsp3) is 0.200. The largest absolute Gasteiger partial charge is 0.417 e. The van der Waals surface area contributed by atoms with E-state index in [0.717, 1.165) is 29.1 Å². The van der Waals surface area contributed by atoms with Crippen LogP contribution in [0.2, 0.25) is 0 Å². The molecule has 5 aromatic rings. The summed E-state index contributed by atoms with van der Waals surface area (Å²) in [5.41, 5.74) is 12.8. The molecule has 0 aliphatic heterocycles. The van der Waals surface area contributed by atoms with Crippen molar-refractivity contribution in [1.82, 2.24) is 19.3 Å². The maximum atomic E-state index is 11.6. The van der Waals surface area contributed by atoms with Gasteiger partial charge in [0.05, 0.1) is 16.9 Å². The number of nitrogens with zero attached hydrogens (tertiary/aromatic N) is 3. The lowest BCUT2D eigenvalue weighted by atomic mass is 10.1. The summed E-state index contributed by atoms with van der Waals surface area (Å²) in [5, 5.41) is 0. The van der Waals surface area contributed by atoms with Crippen molar-refractivity contribution in [3.63, 3.8) is 0 Å². The molecule has 0 aliphatic carbocycles. The zero-order valence-electron chi connectivity index (χ0n) is 18.1. The van der Waals surface area contributed by atoms with Crippen LogP contribution < -0.4 is 11.5 Å². The van der Waals surface area contributed by atoms with Crippen LogP contribution in [0.3, 0.4) is 0 Å². The fourth-order valence-electron chi connectivity index (χ4n) is 4.02. The summed E-state index contributed by atoms with van der Waals surface area (Å²) in [7, 11) is 0. The number of hydrogen-bond acceptors (Lipinski definition) is 5. The molecule has 5 rings (SSSR count). The first kappa shape index (κ1) is 20.1. The predicted molar refractivity (Wildman–Crippen MR) is 126 cm³/mol. The van der Waals surface area contributed by atoms with E-state index in [1.165, 1.54) is 5.56 Å². The van der Waals surface area contributed by atoms with E-state index >= 15 is 0 Å². The molecule has 0 bridgehead atoms. The summed E-state index contributed by atoms with van der Waals surface area (Å²) in [6.07, 6.45) is 1.91. The Hall–Kier alpha value is -3.84. The molecule has 0 aliphatic rings. The van der Waals surface area contributed by atoms with E-state index in [2.05, 4.69) is 52.4 Å². The van der Waals surface area contributed by atoms with Crippen LogP contribution >= 0.6 is 0 Å². The maximum absolute atomic E-state index is 11.6. The minimum Gasteiger partial charge on any atom is -0.408 e. The van der Waals surface area contributed by atoms with Crippen molar-refractivity contribution in [2.24, 2.45) is 0 Å². The number of hydrogen-bond donors (Lipinski definition) is 2. The average Bonchev–Trinajstić information content (AvgIpc) is 3.32. The van der Waals surface area contributed by atoms with Crippen molar-refractivity contribution in [2.75, 3.05) is 5.73 Å². The summed E-state index contributed by atoms with van der Waals surface area (Å²) < 4.78 is 7.34. The molecular formula is C25H25N5O2. The number of rotatable bonds is 6. The third-order valence-corrected chi connectivity index (χ3v) is 5.75. The van der Waals surface area contributed by atoms with E-state index in [9.17, 15) is 4.79 Å². The maximum Gasteiger partial charge on any atom is 0.417 e. The standard InChI is InChI=1S/C25H25N5O2/c1-16(2)29(13-17-6-4-3-5-7-17)15-21-24(28-23-11-9-19(26)14-30(21)23)18-8-10-20-22(12-18)32-25(31)27-20/h3-12,14,16H,13,15,26H2,1-2H3,(H,27,31). The number of fused-ring (bicyclic) bond motifs is 2. The second-order valence-electron chi connectivity index (χ2n) is 8.31. The second-order valence-corrected chi connectivity index (χ2v) is 8.31. The fourth-order valence-corrected chi connectivity index (χ4v) is 4.02. The minimum absolute atomic E-state index is 0.319. The SMILES string of the molecule is CC(C)N(Cc1ccccc1)Cc1c(-c2ccc3[nH]c(=O)oc3c2)nc2ccc(N)cn12. The first-order valence-corrected chi connectivity index (χ1v) is 10.7. The number of aromatic nitrogens is 3. The highest BCUT2D eigenvalue weighted by Crippen LogP contribution is 2.29. The predicted octanol–water partition coefficient (Wildman–Crippen LogP) is 4.43. The molecule has 0 saturated carbocycles. The van der Waals surface area contributed by atoms with Crippen LogP contribution in [0.5, 0.6) is 0 Å². The van der Waals surface area contributed by atoms with Crippen molar-refractivity contribution in [3.05, 3.63) is 88.7 Å². The van der Waals surface area contributed by atoms with Crippen LogP contribution in [0.4, 0.5) is 5.69 Å². The number of anilines is 1. The molecule has 7 heteroatoms. The minimum atomic E-state index is -0.464. The summed E-state index contributed by atoms with van der Waals surface area (Å²) in [4.78, 5) is 21.6. The number of aromatic amines is 1. The van der Waals surface area contributed by atoms with E-state index < -0.39 is 5.76 Å². The van der Waals surface area contributed by atoms with Gasteiger partial charge in [0.15, 0.2) is 5.58 Å². The van der Waals surface area contributed by atoms with Crippen molar-refractivity contribution < 1.29 is 4.42 Å². The normalized spacial score (nSPS) is 11.9. The Labute approximate surface area is 185 Å². The zero-order chi connectivity index (χ0) is 22.2. The Morgan fingerprint density at radius 1 is 1.09 bits per heavy atom. The van der Waals surface area contributed by atoms with Gasteiger partial charge in [-0.1, -0.05) is 36.4 Å². The van der Waals surface area contributed by atoms with Crippen molar-refractivity contribution >= 4 is 22.4 Å². The molecule has 2 aromatic carbocycles. The van der Waals surface area contributed by atoms with E-state index in [1.54, 1.807) is 0 Å². The van der Waals surface area contributed by atoms with Gasteiger partial charge < -0.3 is 14.6 Å². The molecular weight excluding hydrogens is 402 g/mol. The van der Waals surface area contributed by atoms with Crippen LogP contribution in [-0.4, -0.2) is 25.3 Å². The van der Waals surface area contributed by atoms with Crippen molar-refractivity contribution in [3.8, 4) is 11.3 Å². The second kappa shape index (κ2) is 8.01. The number of benzene rings is 2. The molecule has 7 nitrogen and oxygen atoms in total. The van der Waals surface area contributed by atoms with Crippen LogP contribution in [0.1, 0.15) is 25.1 Å². The lowest BCUT2D eigenvalue weighted by Gasteiger charge is -2.27. The topological polar surface area (TPSA) is 92.6 Å². The van der Waals surface area contributed by atoms with Crippen LogP contribution in [-0.2, 0) is 13.1 Å². The van der Waals surface area contributed by atoms with E-state index in [0.29, 0.717) is 29.4 Å². The van der Waals surface area contributed by atoms with Crippen LogP contribution in [0.15, 0.2) is 76.1 Å². The Kier molecular flexibility index (Phi) is 5.03. The molecule has 0 amide bonds. The molecule has 0 radical (unpaired) electrons. The molecule has 32 heavy (non-hydrogen) atoms. The number of imidazole rings is 1. The first-order chi connectivity index (χ1) is 15.5. The number of nitrogens with one attached hydrogen (secondary N) is 1. The lowest BCUT2D eigenvalue weighted by molar-refractivity contribution is 0.201. The van der Waals surface area contributed by atoms with E-state index in [-0.39, 0.29) is 0 Å². The summed E-state index contributed by atoms with van der Waals surface area (Å²) in [5.74, 6) is -0.464. The summed E-state index contributed by atoms with van der Waals surface area (Å²) in [6.45, 7) is 5.89. The van der Waals surface area contributed by atoms with Gasteiger partial charge in [-0.3, -0.25) is 9.88 Å².